The molecular formula is C78H141NO8P+. The van der Waals surface area contributed by atoms with E-state index in [2.05, 4.69) is 111 Å². The SMILES string of the molecule is CC/C=C\C/C=C\C/C=C\C/C=C\C/C=C\C/C=C\CCCCCCCCCCCCCCC(=O)OC(COC(=O)CCCCCCCCCCCCCCCCCCCCCCC/C=C\C/C=C\CCCCCCC)COP(=O)(O)OCC[N+](C)(C)C. The van der Waals surface area contributed by atoms with Crippen LogP contribution in [-0.2, 0) is 32.7 Å². The normalized spacial score (nSPS) is 13.7. The summed E-state index contributed by atoms with van der Waals surface area (Å²) in [6.07, 6.45) is 95.2. The molecule has 0 saturated carbocycles. The molecule has 0 aliphatic rings. The Labute approximate surface area is 544 Å². The summed E-state index contributed by atoms with van der Waals surface area (Å²) in [5.41, 5.74) is 0. The summed E-state index contributed by atoms with van der Waals surface area (Å²) in [6, 6.07) is 0. The van der Waals surface area contributed by atoms with Crippen LogP contribution in [0.15, 0.2) is 97.2 Å². The molecule has 10 heteroatoms. The molecule has 0 spiro atoms. The van der Waals surface area contributed by atoms with Crippen molar-refractivity contribution in [2.45, 2.75) is 341 Å². The molecule has 88 heavy (non-hydrogen) atoms. The van der Waals surface area contributed by atoms with Crippen molar-refractivity contribution < 1.29 is 42.1 Å². The number of carbonyl (C=O) groups is 2. The minimum absolute atomic E-state index is 0.0294. The van der Waals surface area contributed by atoms with Gasteiger partial charge in [0.05, 0.1) is 27.7 Å². The number of rotatable bonds is 68. The number of likely N-dealkylation sites (N-methyl/N-ethyl adjacent to an activating group) is 1. The first kappa shape index (κ1) is 84.9. The van der Waals surface area contributed by atoms with Gasteiger partial charge in [0.15, 0.2) is 6.10 Å². The van der Waals surface area contributed by atoms with Crippen molar-refractivity contribution in [1.29, 1.82) is 0 Å². The van der Waals surface area contributed by atoms with Crippen molar-refractivity contribution in [3.05, 3.63) is 97.2 Å². The quantitative estimate of drug-likeness (QED) is 0.0211. The van der Waals surface area contributed by atoms with Gasteiger partial charge >= 0.3 is 19.8 Å². The van der Waals surface area contributed by atoms with E-state index in [9.17, 15) is 19.0 Å². The van der Waals surface area contributed by atoms with E-state index in [1.807, 2.05) is 21.1 Å². The fourth-order valence-corrected chi connectivity index (χ4v) is 11.2. The number of hydrogen-bond acceptors (Lipinski definition) is 7. The minimum atomic E-state index is -4.40. The Balaban J connectivity index is 4.01. The highest BCUT2D eigenvalue weighted by Crippen LogP contribution is 2.43. The van der Waals surface area contributed by atoms with Gasteiger partial charge in [-0.25, -0.2) is 4.57 Å². The molecule has 0 rings (SSSR count). The van der Waals surface area contributed by atoms with Gasteiger partial charge < -0.3 is 18.9 Å². The van der Waals surface area contributed by atoms with Crippen LogP contribution in [0.1, 0.15) is 335 Å². The molecule has 9 nitrogen and oxygen atoms in total. The summed E-state index contributed by atoms with van der Waals surface area (Å²) in [5, 5.41) is 0. The summed E-state index contributed by atoms with van der Waals surface area (Å²) < 4.78 is 34.8. The average molecular weight is 1250 g/mol. The molecule has 0 saturated heterocycles. The Morgan fingerprint density at radius 2 is 0.648 bits per heavy atom. The monoisotopic (exact) mass is 1250 g/mol. The predicted molar refractivity (Wildman–Crippen MR) is 381 cm³/mol. The Morgan fingerprint density at radius 1 is 0.364 bits per heavy atom. The Kier molecular flexibility index (Phi) is 65.9. The number of carbonyl (C=O) groups excluding carboxylic acids is 2. The van der Waals surface area contributed by atoms with Gasteiger partial charge in [0, 0.05) is 12.8 Å². The molecule has 0 aliphatic heterocycles. The molecule has 0 heterocycles. The highest BCUT2D eigenvalue weighted by molar-refractivity contribution is 7.47. The van der Waals surface area contributed by atoms with Crippen molar-refractivity contribution in [3.8, 4) is 0 Å². The first-order valence-corrected chi connectivity index (χ1v) is 38.5. The third-order valence-electron chi connectivity index (χ3n) is 16.1. The van der Waals surface area contributed by atoms with Crippen LogP contribution in [0, 0.1) is 0 Å². The molecule has 510 valence electrons. The lowest BCUT2D eigenvalue weighted by atomic mass is 10.0. The molecule has 0 radical (unpaired) electrons. The van der Waals surface area contributed by atoms with Crippen LogP contribution in [0.4, 0.5) is 0 Å². The molecule has 0 aromatic heterocycles. The van der Waals surface area contributed by atoms with Gasteiger partial charge in [-0.05, 0) is 96.3 Å². The second-order valence-corrected chi connectivity index (χ2v) is 27.4. The van der Waals surface area contributed by atoms with E-state index in [-0.39, 0.29) is 32.0 Å². The molecule has 0 aromatic rings. The van der Waals surface area contributed by atoms with Crippen LogP contribution in [0.25, 0.3) is 0 Å². The third kappa shape index (κ3) is 72.0. The molecule has 2 atom stereocenters. The zero-order chi connectivity index (χ0) is 64.1. The lowest BCUT2D eigenvalue weighted by Gasteiger charge is -2.24. The van der Waals surface area contributed by atoms with Gasteiger partial charge in [0.2, 0.25) is 0 Å². The maximum atomic E-state index is 12.9. The average Bonchev–Trinajstić information content (AvgIpc) is 3.68. The standard InChI is InChI=1S/C78H140NO8P/c1-6-8-10-12-14-16-18-20-22-24-26-28-30-32-34-36-38-39-41-42-44-46-48-50-52-54-56-58-60-62-64-66-68-70-77(80)84-74-76(75-86-88(82,83)85-73-72-79(3,4)5)87-78(81)71-69-67-65-63-61-59-57-55-53-51-49-47-45-43-40-37-35-33-31-29-27-25-23-21-19-17-15-13-11-9-7-2/h9,11,15,17-18,20-21,23-24,26-27,29,33,35,40,43,76H,6-8,10,12-14,16,19,22,25,28,30-32,34,36-39,41-42,44-75H2,1-5H3/p+1/b11-9-,17-15-,20-18-,23-21-,26-24-,29-27-,35-33-,43-40-. The van der Waals surface area contributed by atoms with Crippen molar-refractivity contribution in [1.82, 2.24) is 0 Å². The topological polar surface area (TPSA) is 108 Å². The van der Waals surface area contributed by atoms with E-state index >= 15 is 0 Å². The van der Waals surface area contributed by atoms with Gasteiger partial charge in [0.1, 0.15) is 19.8 Å². The first-order chi connectivity index (χ1) is 43.0. The summed E-state index contributed by atoms with van der Waals surface area (Å²) >= 11 is 0. The molecule has 0 bridgehead atoms. The van der Waals surface area contributed by atoms with E-state index < -0.39 is 26.5 Å². The van der Waals surface area contributed by atoms with Gasteiger partial charge in [-0.1, -0.05) is 323 Å². The van der Waals surface area contributed by atoms with E-state index in [4.69, 9.17) is 18.5 Å². The lowest BCUT2D eigenvalue weighted by molar-refractivity contribution is -0.870. The van der Waals surface area contributed by atoms with E-state index in [0.717, 1.165) is 83.5 Å². The summed E-state index contributed by atoms with van der Waals surface area (Å²) in [7, 11) is 1.48. The number of hydrogen-bond donors (Lipinski definition) is 1. The molecule has 2 unspecified atom stereocenters. The fraction of sp³-hybridized carbons (Fsp3) is 0.769. The second kappa shape index (κ2) is 68.3. The first-order valence-electron chi connectivity index (χ1n) is 37.0. The molecule has 1 N–H and O–H groups in total. The molecule has 0 aliphatic carbocycles. The van der Waals surface area contributed by atoms with Gasteiger partial charge in [-0.2, -0.15) is 0 Å². The maximum Gasteiger partial charge on any atom is 0.472 e. The van der Waals surface area contributed by atoms with Crippen molar-refractivity contribution >= 4 is 19.8 Å². The number of allylic oxidation sites excluding steroid dienone is 16. The fourth-order valence-electron chi connectivity index (χ4n) is 10.5. The molecular weight excluding hydrogens is 1110 g/mol. The maximum absolute atomic E-state index is 12.9. The van der Waals surface area contributed by atoms with Crippen LogP contribution in [0.3, 0.4) is 0 Å². The number of nitrogens with zero attached hydrogens (tertiary/aromatic N) is 1. The van der Waals surface area contributed by atoms with Crippen LogP contribution in [0.5, 0.6) is 0 Å². The Morgan fingerprint density at radius 3 is 0.966 bits per heavy atom. The molecule has 0 aromatic carbocycles. The Bertz CT molecular complexity index is 1810. The summed E-state index contributed by atoms with van der Waals surface area (Å²) in [5.74, 6) is -0.789. The zero-order valence-electron chi connectivity index (χ0n) is 58.2. The van der Waals surface area contributed by atoms with Crippen LogP contribution in [-0.4, -0.2) is 74.9 Å². The van der Waals surface area contributed by atoms with Crippen LogP contribution >= 0.6 is 7.82 Å². The molecule has 0 fully saturated rings. The zero-order valence-corrected chi connectivity index (χ0v) is 59.1. The van der Waals surface area contributed by atoms with E-state index in [0.29, 0.717) is 17.4 Å². The lowest BCUT2D eigenvalue weighted by Crippen LogP contribution is -2.37. The van der Waals surface area contributed by atoms with E-state index in [1.54, 1.807) is 0 Å². The van der Waals surface area contributed by atoms with Crippen molar-refractivity contribution in [2.24, 2.45) is 0 Å². The minimum Gasteiger partial charge on any atom is -0.462 e. The smallest absolute Gasteiger partial charge is 0.462 e. The summed E-state index contributed by atoms with van der Waals surface area (Å²) in [6.45, 7) is 4.35. The predicted octanol–water partition coefficient (Wildman–Crippen LogP) is 24.3. The van der Waals surface area contributed by atoms with E-state index in [1.165, 1.54) is 218 Å². The van der Waals surface area contributed by atoms with Crippen molar-refractivity contribution in [2.75, 3.05) is 47.5 Å². The van der Waals surface area contributed by atoms with Gasteiger partial charge in [-0.15, -0.1) is 0 Å². The largest absolute Gasteiger partial charge is 0.472 e. The highest BCUT2D eigenvalue weighted by atomic mass is 31.2. The number of unbranched alkanes of at least 4 members (excludes halogenated alkanes) is 38. The van der Waals surface area contributed by atoms with Gasteiger partial charge in [-0.3, -0.25) is 18.6 Å². The number of quaternary nitrogens is 1. The van der Waals surface area contributed by atoms with Gasteiger partial charge in [0.25, 0.3) is 0 Å². The number of phosphoric ester groups is 1. The third-order valence-corrected chi connectivity index (χ3v) is 17.1. The molecule has 0 amide bonds. The highest BCUT2D eigenvalue weighted by Gasteiger charge is 2.27. The van der Waals surface area contributed by atoms with Crippen LogP contribution < -0.4 is 0 Å². The number of esters is 2. The number of ether oxygens (including phenoxy) is 2. The Hall–Kier alpha value is -3.07. The van der Waals surface area contributed by atoms with Crippen molar-refractivity contribution in [3.63, 3.8) is 0 Å². The van der Waals surface area contributed by atoms with Crippen LogP contribution in [0.2, 0.25) is 0 Å². The summed E-state index contributed by atoms with van der Waals surface area (Å²) in [4.78, 5) is 35.9. The second-order valence-electron chi connectivity index (χ2n) is 25.9. The number of phosphoric acid groups is 1.